The molecule has 25 heavy (non-hydrogen) atoms. The molecule has 6 nitrogen and oxygen atoms in total. The first-order chi connectivity index (χ1) is 12.2. The number of aromatic nitrogens is 1. The van der Waals surface area contributed by atoms with Crippen molar-refractivity contribution in [3.05, 3.63) is 28.6 Å². The van der Waals surface area contributed by atoms with E-state index < -0.39 is 0 Å². The van der Waals surface area contributed by atoms with Crippen molar-refractivity contribution in [2.75, 3.05) is 19.6 Å². The minimum Gasteiger partial charge on any atom is -0.354 e. The van der Waals surface area contributed by atoms with Crippen LogP contribution in [-0.4, -0.2) is 47.4 Å². The van der Waals surface area contributed by atoms with E-state index >= 15 is 0 Å². The largest absolute Gasteiger partial charge is 0.354 e. The quantitative estimate of drug-likeness (QED) is 0.807. The van der Waals surface area contributed by atoms with Crippen molar-refractivity contribution in [2.45, 2.75) is 31.7 Å². The van der Waals surface area contributed by atoms with Crippen molar-refractivity contribution in [3.63, 3.8) is 0 Å². The molecule has 2 amide bonds. The van der Waals surface area contributed by atoms with Gasteiger partial charge in [-0.3, -0.25) is 9.59 Å². The first kappa shape index (κ1) is 18.0. The van der Waals surface area contributed by atoms with Crippen LogP contribution in [0.25, 0.3) is 9.88 Å². The van der Waals surface area contributed by atoms with Crippen molar-refractivity contribution in [2.24, 2.45) is 5.73 Å². The number of carbonyl (C=O) groups excluding carboxylic acids is 2. The molecule has 1 unspecified atom stereocenters. The summed E-state index contributed by atoms with van der Waals surface area (Å²) in [7, 11) is 0. The maximum Gasteiger partial charge on any atom is 0.273 e. The lowest BCUT2D eigenvalue weighted by molar-refractivity contribution is -0.121. The Morgan fingerprint density at radius 3 is 3.00 bits per heavy atom. The lowest BCUT2D eigenvalue weighted by Crippen LogP contribution is -2.49. The average molecular weight is 379 g/mol. The Balaban J connectivity index is 1.67. The van der Waals surface area contributed by atoms with Gasteiger partial charge in [0.15, 0.2) is 0 Å². The second-order valence-electron chi connectivity index (χ2n) is 6.01. The first-order valence-electron chi connectivity index (χ1n) is 8.46. The minimum atomic E-state index is -0.0610. The van der Waals surface area contributed by atoms with Gasteiger partial charge in [-0.15, -0.1) is 22.7 Å². The maximum absolute atomic E-state index is 12.9. The third-order valence-electron chi connectivity index (χ3n) is 4.25. The van der Waals surface area contributed by atoms with Crippen LogP contribution in [0.4, 0.5) is 0 Å². The summed E-state index contributed by atoms with van der Waals surface area (Å²) < 4.78 is 0. The van der Waals surface area contributed by atoms with Gasteiger partial charge in [0.25, 0.3) is 5.91 Å². The Morgan fingerprint density at radius 2 is 2.24 bits per heavy atom. The predicted octanol–water partition coefficient (Wildman–Crippen LogP) is 2.33. The van der Waals surface area contributed by atoms with Gasteiger partial charge in [0.05, 0.1) is 4.88 Å². The van der Waals surface area contributed by atoms with Gasteiger partial charge >= 0.3 is 0 Å². The summed E-state index contributed by atoms with van der Waals surface area (Å²) in [5, 5.41) is 7.60. The lowest BCUT2D eigenvalue weighted by atomic mass is 10.0. The fourth-order valence-corrected chi connectivity index (χ4v) is 4.57. The zero-order chi connectivity index (χ0) is 17.6. The standard InChI is InChI=1S/C17H22N4O2S2/c18-7-6-15(22)19-10-12-4-1-2-8-21(12)17(23)13-11-25-16(20-13)14-5-3-9-24-14/h3,5,9,11-12H,1-2,4,6-8,10,18H2,(H,19,22). The number of hydrogen-bond acceptors (Lipinski definition) is 6. The number of nitrogens with two attached hydrogens (primary N) is 1. The smallest absolute Gasteiger partial charge is 0.273 e. The zero-order valence-corrected chi connectivity index (χ0v) is 15.6. The molecular weight excluding hydrogens is 356 g/mol. The minimum absolute atomic E-state index is 0.0230. The highest BCUT2D eigenvalue weighted by Crippen LogP contribution is 2.29. The van der Waals surface area contributed by atoms with E-state index in [4.69, 9.17) is 5.73 Å². The molecule has 2 aromatic rings. The van der Waals surface area contributed by atoms with Crippen molar-refractivity contribution in [3.8, 4) is 9.88 Å². The average Bonchev–Trinajstić information content (AvgIpc) is 3.31. The molecule has 3 rings (SSSR count). The molecule has 0 spiro atoms. The van der Waals surface area contributed by atoms with Crippen LogP contribution in [-0.2, 0) is 4.79 Å². The normalized spacial score (nSPS) is 17.5. The van der Waals surface area contributed by atoms with Crippen molar-refractivity contribution in [1.29, 1.82) is 0 Å². The van der Waals surface area contributed by atoms with Gasteiger partial charge in [-0.05, 0) is 30.7 Å². The van der Waals surface area contributed by atoms with Gasteiger partial charge in [-0.25, -0.2) is 4.98 Å². The molecule has 1 aliphatic heterocycles. The van der Waals surface area contributed by atoms with Crippen molar-refractivity contribution >= 4 is 34.5 Å². The lowest BCUT2D eigenvalue weighted by Gasteiger charge is -2.35. The van der Waals surface area contributed by atoms with E-state index in [0.717, 1.165) is 29.1 Å². The molecule has 1 saturated heterocycles. The molecule has 1 aliphatic rings. The van der Waals surface area contributed by atoms with E-state index in [1.54, 1.807) is 11.3 Å². The SMILES string of the molecule is NCCC(=O)NCC1CCCCN1C(=O)c1csc(-c2cccs2)n1. The van der Waals surface area contributed by atoms with E-state index in [2.05, 4.69) is 10.3 Å². The number of nitrogens with zero attached hydrogens (tertiary/aromatic N) is 2. The predicted molar refractivity (Wildman–Crippen MR) is 101 cm³/mol. The third-order valence-corrected chi connectivity index (χ3v) is 6.13. The van der Waals surface area contributed by atoms with Gasteiger partial charge < -0.3 is 16.0 Å². The number of thiophene rings is 1. The van der Waals surface area contributed by atoms with E-state index in [0.29, 0.717) is 31.7 Å². The molecular formula is C17H22N4O2S2. The Bertz CT molecular complexity index is 714. The summed E-state index contributed by atoms with van der Waals surface area (Å²) >= 11 is 3.11. The van der Waals surface area contributed by atoms with Gasteiger partial charge in [0.1, 0.15) is 10.7 Å². The molecule has 0 saturated carbocycles. The Labute approximate surface area is 155 Å². The Morgan fingerprint density at radius 1 is 1.36 bits per heavy atom. The summed E-state index contributed by atoms with van der Waals surface area (Å²) in [5.74, 6) is -0.106. The van der Waals surface area contributed by atoms with E-state index in [9.17, 15) is 9.59 Å². The highest BCUT2D eigenvalue weighted by Gasteiger charge is 2.29. The van der Waals surface area contributed by atoms with E-state index in [-0.39, 0.29) is 17.9 Å². The van der Waals surface area contributed by atoms with Gasteiger partial charge in [-0.2, -0.15) is 0 Å². The zero-order valence-electron chi connectivity index (χ0n) is 13.9. The molecule has 1 atom stereocenters. The summed E-state index contributed by atoms with van der Waals surface area (Å²) in [4.78, 5) is 32.0. The Kier molecular flexibility index (Phi) is 6.17. The molecule has 0 radical (unpaired) electrons. The second-order valence-corrected chi connectivity index (χ2v) is 7.81. The van der Waals surface area contributed by atoms with Crippen LogP contribution in [0.15, 0.2) is 22.9 Å². The molecule has 0 aliphatic carbocycles. The van der Waals surface area contributed by atoms with Crippen molar-refractivity contribution in [1.82, 2.24) is 15.2 Å². The number of rotatable bonds is 6. The fraction of sp³-hybridized carbons (Fsp3) is 0.471. The number of thiazole rings is 1. The summed E-state index contributed by atoms with van der Waals surface area (Å²) in [6.07, 6.45) is 3.27. The number of likely N-dealkylation sites (tertiary alicyclic amines) is 1. The van der Waals surface area contributed by atoms with Crippen LogP contribution in [0.3, 0.4) is 0 Å². The monoisotopic (exact) mass is 378 g/mol. The highest BCUT2D eigenvalue weighted by atomic mass is 32.1. The van der Waals surface area contributed by atoms with Crippen LogP contribution < -0.4 is 11.1 Å². The summed E-state index contributed by atoms with van der Waals surface area (Å²) in [6, 6.07) is 4.01. The summed E-state index contributed by atoms with van der Waals surface area (Å²) in [6.45, 7) is 1.53. The fourth-order valence-electron chi connectivity index (χ4n) is 2.96. The van der Waals surface area contributed by atoms with Gasteiger partial charge in [0.2, 0.25) is 5.91 Å². The molecule has 2 aromatic heterocycles. The van der Waals surface area contributed by atoms with Crippen LogP contribution >= 0.6 is 22.7 Å². The van der Waals surface area contributed by atoms with Crippen LogP contribution in [0.5, 0.6) is 0 Å². The Hall–Kier alpha value is -1.77. The number of amides is 2. The molecule has 1 fully saturated rings. The number of piperidine rings is 1. The number of hydrogen-bond donors (Lipinski definition) is 2. The van der Waals surface area contributed by atoms with Crippen LogP contribution in [0.2, 0.25) is 0 Å². The molecule has 3 heterocycles. The van der Waals surface area contributed by atoms with E-state index in [1.807, 2.05) is 27.8 Å². The molecule has 3 N–H and O–H groups in total. The number of carbonyl (C=O) groups is 2. The first-order valence-corrected chi connectivity index (χ1v) is 10.2. The van der Waals surface area contributed by atoms with Crippen LogP contribution in [0, 0.1) is 0 Å². The number of nitrogens with one attached hydrogen (secondary N) is 1. The molecule has 0 bridgehead atoms. The second kappa shape index (κ2) is 8.55. The van der Waals surface area contributed by atoms with Gasteiger partial charge in [-0.1, -0.05) is 6.07 Å². The summed E-state index contributed by atoms with van der Waals surface area (Å²) in [5.41, 5.74) is 5.89. The molecule has 134 valence electrons. The van der Waals surface area contributed by atoms with Crippen LogP contribution in [0.1, 0.15) is 36.2 Å². The van der Waals surface area contributed by atoms with Crippen molar-refractivity contribution < 1.29 is 9.59 Å². The highest BCUT2D eigenvalue weighted by molar-refractivity contribution is 7.20. The molecule has 0 aromatic carbocycles. The maximum atomic E-state index is 12.9. The molecule has 8 heteroatoms. The third kappa shape index (κ3) is 4.45. The van der Waals surface area contributed by atoms with E-state index in [1.165, 1.54) is 11.3 Å². The van der Waals surface area contributed by atoms with Gasteiger partial charge in [0, 0.05) is 37.5 Å². The topological polar surface area (TPSA) is 88.3 Å².